The Morgan fingerprint density at radius 3 is 2.46 bits per heavy atom. The molecule has 7 nitrogen and oxygen atoms in total. The molecule has 2 aliphatic heterocycles. The molecule has 0 bridgehead atoms. The maximum absolute atomic E-state index is 12.0. The summed E-state index contributed by atoms with van der Waals surface area (Å²) >= 11 is 0. The Labute approximate surface area is 141 Å². The normalized spacial score (nSPS) is 17.7. The fraction of sp³-hybridized carbons (Fsp3) is 0.529. The Hall–Kier alpha value is -2.28. The Balaban J connectivity index is 1.48. The molecule has 7 heteroatoms. The summed E-state index contributed by atoms with van der Waals surface area (Å²) in [7, 11) is 0. The Morgan fingerprint density at radius 2 is 1.71 bits per heavy atom. The summed E-state index contributed by atoms with van der Waals surface area (Å²) in [5.41, 5.74) is 0.555. The van der Waals surface area contributed by atoms with E-state index < -0.39 is 6.03 Å². The third-order valence-electron chi connectivity index (χ3n) is 4.12. The van der Waals surface area contributed by atoms with E-state index in [1.165, 1.54) is 12.8 Å². The zero-order valence-corrected chi connectivity index (χ0v) is 13.7. The molecule has 2 heterocycles. The van der Waals surface area contributed by atoms with Gasteiger partial charge in [-0.3, -0.25) is 15.0 Å². The number of hydrogen-bond donors (Lipinski definition) is 2. The number of benzene rings is 1. The van der Waals surface area contributed by atoms with Crippen LogP contribution < -0.4 is 20.1 Å². The number of imide groups is 1. The van der Waals surface area contributed by atoms with Gasteiger partial charge >= 0.3 is 6.03 Å². The van der Waals surface area contributed by atoms with Gasteiger partial charge in [0.25, 0.3) is 0 Å². The number of likely N-dealkylation sites (tertiary alicyclic amines) is 1. The molecule has 0 aliphatic carbocycles. The van der Waals surface area contributed by atoms with Crippen molar-refractivity contribution in [3.05, 3.63) is 18.2 Å². The van der Waals surface area contributed by atoms with Crippen molar-refractivity contribution >= 4 is 17.6 Å². The fourth-order valence-corrected chi connectivity index (χ4v) is 2.95. The zero-order chi connectivity index (χ0) is 16.8. The summed E-state index contributed by atoms with van der Waals surface area (Å²) in [4.78, 5) is 26.1. The van der Waals surface area contributed by atoms with Gasteiger partial charge in [0, 0.05) is 11.8 Å². The summed E-state index contributed by atoms with van der Waals surface area (Å²) in [5.74, 6) is 0.964. The molecule has 3 amide bonds. The average molecular weight is 333 g/mol. The predicted octanol–water partition coefficient (Wildman–Crippen LogP) is 1.98. The van der Waals surface area contributed by atoms with E-state index in [0.717, 1.165) is 25.9 Å². The first-order chi connectivity index (χ1) is 11.7. The average Bonchev–Trinajstić information content (AvgIpc) is 2.83. The molecule has 0 saturated carbocycles. The molecule has 2 N–H and O–H groups in total. The van der Waals surface area contributed by atoms with Crippen LogP contribution in [0.3, 0.4) is 0 Å². The van der Waals surface area contributed by atoms with E-state index >= 15 is 0 Å². The van der Waals surface area contributed by atoms with Gasteiger partial charge in [0.15, 0.2) is 11.5 Å². The molecular formula is C17H23N3O4. The molecule has 0 unspecified atom stereocenters. The van der Waals surface area contributed by atoms with Gasteiger partial charge in [0.2, 0.25) is 5.91 Å². The second-order valence-corrected chi connectivity index (χ2v) is 6.05. The van der Waals surface area contributed by atoms with Gasteiger partial charge in [-0.1, -0.05) is 12.8 Å². The third-order valence-corrected chi connectivity index (χ3v) is 4.12. The second kappa shape index (κ2) is 8.01. The maximum atomic E-state index is 12.0. The molecular weight excluding hydrogens is 310 g/mol. The van der Waals surface area contributed by atoms with E-state index in [1.54, 1.807) is 18.2 Å². The SMILES string of the molecule is O=C(CN1CCCCCC1)NC(=O)Nc1ccc2c(c1)OCCO2. The highest BCUT2D eigenvalue weighted by atomic mass is 16.6. The molecule has 1 aromatic rings. The number of carbonyl (C=O) groups is 2. The van der Waals surface area contributed by atoms with Gasteiger partial charge in [-0.2, -0.15) is 0 Å². The topological polar surface area (TPSA) is 79.9 Å². The quantitative estimate of drug-likeness (QED) is 0.884. The molecule has 2 aliphatic rings. The molecule has 130 valence electrons. The van der Waals surface area contributed by atoms with Gasteiger partial charge in [-0.15, -0.1) is 0 Å². The van der Waals surface area contributed by atoms with Crippen LogP contribution in [0.4, 0.5) is 10.5 Å². The largest absolute Gasteiger partial charge is 0.486 e. The molecule has 0 radical (unpaired) electrons. The summed E-state index contributed by atoms with van der Waals surface area (Å²) in [6, 6.07) is 4.61. The minimum atomic E-state index is -0.536. The van der Waals surface area contributed by atoms with Crippen LogP contribution in [0.25, 0.3) is 0 Å². The molecule has 24 heavy (non-hydrogen) atoms. The molecule has 3 rings (SSSR count). The van der Waals surface area contributed by atoms with Gasteiger partial charge in [-0.05, 0) is 38.1 Å². The van der Waals surface area contributed by atoms with E-state index in [-0.39, 0.29) is 12.5 Å². The molecule has 0 spiro atoms. The highest BCUT2D eigenvalue weighted by Crippen LogP contribution is 2.32. The van der Waals surface area contributed by atoms with E-state index in [2.05, 4.69) is 15.5 Å². The van der Waals surface area contributed by atoms with Crippen molar-refractivity contribution in [2.24, 2.45) is 0 Å². The first kappa shape index (κ1) is 16.6. The van der Waals surface area contributed by atoms with E-state index in [9.17, 15) is 9.59 Å². The number of fused-ring (bicyclic) bond motifs is 1. The van der Waals surface area contributed by atoms with Crippen LogP contribution in [-0.2, 0) is 4.79 Å². The summed E-state index contributed by atoms with van der Waals surface area (Å²) in [6.07, 6.45) is 4.64. The van der Waals surface area contributed by atoms with Crippen LogP contribution in [-0.4, -0.2) is 49.7 Å². The standard InChI is InChI=1S/C17H23N3O4/c21-16(12-20-7-3-1-2-4-8-20)19-17(22)18-13-5-6-14-15(11-13)24-10-9-23-14/h5-6,11H,1-4,7-10,12H2,(H2,18,19,21,22). The minimum absolute atomic E-state index is 0.258. The van der Waals surface area contributed by atoms with Crippen molar-refractivity contribution in [2.45, 2.75) is 25.7 Å². The number of urea groups is 1. The molecule has 0 atom stereocenters. The summed E-state index contributed by atoms with van der Waals surface area (Å²) < 4.78 is 10.9. The van der Waals surface area contributed by atoms with Crippen LogP contribution in [0.15, 0.2) is 18.2 Å². The number of hydrogen-bond acceptors (Lipinski definition) is 5. The van der Waals surface area contributed by atoms with Crippen molar-refractivity contribution in [1.29, 1.82) is 0 Å². The minimum Gasteiger partial charge on any atom is -0.486 e. The number of anilines is 1. The van der Waals surface area contributed by atoms with Crippen molar-refractivity contribution in [3.8, 4) is 11.5 Å². The molecule has 1 aromatic carbocycles. The van der Waals surface area contributed by atoms with Crippen molar-refractivity contribution < 1.29 is 19.1 Å². The number of rotatable bonds is 3. The molecule has 1 fully saturated rings. The molecule has 1 saturated heterocycles. The lowest BCUT2D eigenvalue weighted by atomic mass is 10.2. The number of nitrogens with one attached hydrogen (secondary N) is 2. The second-order valence-electron chi connectivity index (χ2n) is 6.05. The van der Waals surface area contributed by atoms with Gasteiger partial charge in [0.05, 0.1) is 6.54 Å². The first-order valence-electron chi connectivity index (χ1n) is 8.43. The Kier molecular flexibility index (Phi) is 5.53. The van der Waals surface area contributed by atoms with Crippen molar-refractivity contribution in [2.75, 3.05) is 38.2 Å². The number of amides is 3. The number of nitrogens with zero attached hydrogens (tertiary/aromatic N) is 1. The predicted molar refractivity (Wildman–Crippen MR) is 89.5 cm³/mol. The van der Waals surface area contributed by atoms with Gasteiger partial charge in [0.1, 0.15) is 13.2 Å². The Bertz CT molecular complexity index is 597. The summed E-state index contributed by atoms with van der Waals surface area (Å²) in [6.45, 7) is 3.09. The van der Waals surface area contributed by atoms with Crippen LogP contribution in [0.1, 0.15) is 25.7 Å². The zero-order valence-electron chi connectivity index (χ0n) is 13.7. The Morgan fingerprint density at radius 1 is 1.00 bits per heavy atom. The number of ether oxygens (including phenoxy) is 2. The van der Waals surface area contributed by atoms with Crippen molar-refractivity contribution in [1.82, 2.24) is 10.2 Å². The van der Waals surface area contributed by atoms with Gasteiger partial charge < -0.3 is 14.8 Å². The third kappa shape index (κ3) is 4.61. The lowest BCUT2D eigenvalue weighted by Crippen LogP contribution is -2.42. The van der Waals surface area contributed by atoms with Crippen LogP contribution in [0.5, 0.6) is 11.5 Å². The van der Waals surface area contributed by atoms with Crippen molar-refractivity contribution in [3.63, 3.8) is 0 Å². The van der Waals surface area contributed by atoms with E-state index in [0.29, 0.717) is 30.4 Å². The van der Waals surface area contributed by atoms with Gasteiger partial charge in [-0.25, -0.2) is 4.79 Å². The van der Waals surface area contributed by atoms with E-state index in [4.69, 9.17) is 9.47 Å². The highest BCUT2D eigenvalue weighted by molar-refractivity contribution is 6.01. The van der Waals surface area contributed by atoms with Crippen LogP contribution >= 0.6 is 0 Å². The molecule has 0 aromatic heterocycles. The van der Waals surface area contributed by atoms with E-state index in [1.807, 2.05) is 0 Å². The first-order valence-corrected chi connectivity index (χ1v) is 8.43. The monoisotopic (exact) mass is 333 g/mol. The maximum Gasteiger partial charge on any atom is 0.325 e. The van der Waals surface area contributed by atoms with Crippen LogP contribution in [0, 0.1) is 0 Å². The highest BCUT2D eigenvalue weighted by Gasteiger charge is 2.16. The summed E-state index contributed by atoms with van der Waals surface area (Å²) in [5, 5.41) is 5.02. The number of carbonyl (C=O) groups excluding carboxylic acids is 2. The fourth-order valence-electron chi connectivity index (χ4n) is 2.95. The smallest absolute Gasteiger partial charge is 0.325 e. The van der Waals surface area contributed by atoms with Crippen LogP contribution in [0.2, 0.25) is 0 Å². The lowest BCUT2D eigenvalue weighted by Gasteiger charge is -2.20. The lowest BCUT2D eigenvalue weighted by molar-refractivity contribution is -0.121.